The van der Waals surface area contributed by atoms with E-state index in [-0.39, 0.29) is 11.1 Å². The molecule has 0 unspecified atom stereocenters. The molecule has 0 saturated heterocycles. The zero-order valence-electron chi connectivity index (χ0n) is 14.5. The van der Waals surface area contributed by atoms with Crippen molar-refractivity contribution >= 4 is 22.4 Å². The summed E-state index contributed by atoms with van der Waals surface area (Å²) in [7, 11) is 0. The summed E-state index contributed by atoms with van der Waals surface area (Å²) >= 11 is 1.43. The fraction of sp³-hybridized carbons (Fsp3) is 0.111. The van der Waals surface area contributed by atoms with Crippen molar-refractivity contribution in [2.45, 2.75) is 12.7 Å². The Bertz CT molecular complexity index is 1190. The number of fused-ring (bicyclic) bond motifs is 1. The van der Waals surface area contributed by atoms with E-state index in [1.807, 2.05) is 16.8 Å². The maximum Gasteiger partial charge on any atom is 0.574 e. The Labute approximate surface area is 167 Å². The highest BCUT2D eigenvalue weighted by molar-refractivity contribution is 7.08. The Kier molecular flexibility index (Phi) is 4.80. The largest absolute Gasteiger partial charge is 0.574 e. The van der Waals surface area contributed by atoms with Crippen LogP contribution in [0.2, 0.25) is 0 Å². The SMILES string of the molecule is FC(F)(F)Oc1ccc(-c2c[nH]c3nccc(-c4ccsc4)c23)c(OC(F)(F)F)n1. The van der Waals surface area contributed by atoms with Crippen LogP contribution in [0, 0.1) is 0 Å². The first-order valence-corrected chi connectivity index (χ1v) is 9.06. The lowest BCUT2D eigenvalue weighted by molar-refractivity contribution is -0.279. The van der Waals surface area contributed by atoms with Crippen molar-refractivity contribution in [3.8, 4) is 34.0 Å². The van der Waals surface area contributed by atoms with Gasteiger partial charge in [-0.15, -0.1) is 26.3 Å². The summed E-state index contributed by atoms with van der Waals surface area (Å²) in [6.07, 6.45) is -7.39. The molecule has 1 N–H and O–H groups in total. The molecular weight excluding hydrogens is 436 g/mol. The molecule has 12 heteroatoms. The van der Waals surface area contributed by atoms with Crippen molar-refractivity contribution < 1.29 is 35.8 Å². The minimum Gasteiger partial charge on any atom is -0.388 e. The van der Waals surface area contributed by atoms with Crippen LogP contribution < -0.4 is 9.47 Å². The number of halogens is 6. The van der Waals surface area contributed by atoms with Crippen molar-refractivity contribution in [3.05, 3.63) is 47.4 Å². The van der Waals surface area contributed by atoms with E-state index >= 15 is 0 Å². The maximum atomic E-state index is 12.9. The highest BCUT2D eigenvalue weighted by Crippen LogP contribution is 2.41. The molecule has 0 fully saturated rings. The predicted molar refractivity (Wildman–Crippen MR) is 96.0 cm³/mol. The molecule has 0 aliphatic rings. The third kappa shape index (κ3) is 4.17. The van der Waals surface area contributed by atoms with Crippen LogP contribution in [0.3, 0.4) is 0 Å². The molecule has 5 nitrogen and oxygen atoms in total. The lowest BCUT2D eigenvalue weighted by Crippen LogP contribution is -2.20. The lowest BCUT2D eigenvalue weighted by atomic mass is 10.0. The molecular formula is C18H9F6N3O2S. The molecule has 156 valence electrons. The van der Waals surface area contributed by atoms with Gasteiger partial charge in [0.25, 0.3) is 0 Å². The standard InChI is InChI=1S/C18H9F6N3O2S/c19-17(20,21)28-13-2-1-11(16(27-13)29-18(22,23)24)12-7-26-15-14(12)10(3-5-25-15)9-4-6-30-8-9/h1-8H,(H,25,26). The lowest BCUT2D eigenvalue weighted by Gasteiger charge is -2.14. The number of thiophene rings is 1. The molecule has 0 aliphatic heterocycles. The summed E-state index contributed by atoms with van der Waals surface area (Å²) in [6, 6.07) is 5.33. The molecule has 4 heterocycles. The minimum absolute atomic E-state index is 0.183. The maximum absolute atomic E-state index is 12.9. The number of rotatable bonds is 4. The molecule has 0 aromatic carbocycles. The minimum atomic E-state index is -5.18. The second-order valence-electron chi connectivity index (χ2n) is 5.89. The molecule has 4 aromatic heterocycles. The van der Waals surface area contributed by atoms with E-state index in [0.717, 1.165) is 17.7 Å². The highest BCUT2D eigenvalue weighted by atomic mass is 32.1. The fourth-order valence-electron chi connectivity index (χ4n) is 2.92. The Morgan fingerprint density at radius 3 is 2.30 bits per heavy atom. The van der Waals surface area contributed by atoms with Crippen LogP contribution in [0.1, 0.15) is 0 Å². The van der Waals surface area contributed by atoms with Gasteiger partial charge in [-0.25, -0.2) is 4.98 Å². The van der Waals surface area contributed by atoms with Gasteiger partial charge in [-0.05, 0) is 40.1 Å². The van der Waals surface area contributed by atoms with Gasteiger partial charge >= 0.3 is 12.7 Å². The van der Waals surface area contributed by atoms with Crippen LogP contribution in [0.5, 0.6) is 11.8 Å². The van der Waals surface area contributed by atoms with Gasteiger partial charge in [0.2, 0.25) is 11.8 Å². The second-order valence-corrected chi connectivity index (χ2v) is 6.67. The number of aromatic nitrogens is 3. The van der Waals surface area contributed by atoms with Gasteiger partial charge < -0.3 is 14.5 Å². The summed E-state index contributed by atoms with van der Waals surface area (Å²) in [5.74, 6) is -2.16. The smallest absolute Gasteiger partial charge is 0.388 e. The number of nitrogens with zero attached hydrogens (tertiary/aromatic N) is 2. The number of hydrogen-bond donors (Lipinski definition) is 1. The number of aromatic amines is 1. The van der Waals surface area contributed by atoms with Gasteiger partial charge in [-0.1, -0.05) is 0 Å². The van der Waals surface area contributed by atoms with Crippen molar-refractivity contribution in [3.63, 3.8) is 0 Å². The summed E-state index contributed by atoms with van der Waals surface area (Å²) in [6.45, 7) is 0. The highest BCUT2D eigenvalue weighted by Gasteiger charge is 2.36. The number of H-pyrrole nitrogens is 1. The van der Waals surface area contributed by atoms with Gasteiger partial charge in [0.15, 0.2) is 0 Å². The van der Waals surface area contributed by atoms with Crippen molar-refractivity contribution in [1.29, 1.82) is 0 Å². The van der Waals surface area contributed by atoms with E-state index in [1.54, 1.807) is 6.07 Å². The summed E-state index contributed by atoms with van der Waals surface area (Å²) < 4.78 is 83.6. The number of alkyl halides is 6. The van der Waals surface area contributed by atoms with E-state index in [2.05, 4.69) is 24.4 Å². The Morgan fingerprint density at radius 1 is 0.867 bits per heavy atom. The third-order valence-corrected chi connectivity index (χ3v) is 4.65. The van der Waals surface area contributed by atoms with E-state index < -0.39 is 24.5 Å². The number of hydrogen-bond acceptors (Lipinski definition) is 5. The summed E-state index contributed by atoms with van der Waals surface area (Å²) in [5.41, 5.74) is 1.90. The van der Waals surface area contributed by atoms with Crippen LogP contribution in [-0.2, 0) is 0 Å². The number of pyridine rings is 2. The Hall–Kier alpha value is -3.28. The van der Waals surface area contributed by atoms with E-state index in [1.165, 1.54) is 23.7 Å². The number of ether oxygens (including phenoxy) is 2. The third-order valence-electron chi connectivity index (χ3n) is 3.96. The second kappa shape index (κ2) is 7.20. The fourth-order valence-corrected chi connectivity index (χ4v) is 3.57. The predicted octanol–water partition coefficient (Wildman–Crippen LogP) is 6.15. The van der Waals surface area contributed by atoms with Gasteiger partial charge in [0, 0.05) is 35.0 Å². The first kappa shape index (κ1) is 20.0. The van der Waals surface area contributed by atoms with Crippen molar-refractivity contribution in [1.82, 2.24) is 15.0 Å². The van der Waals surface area contributed by atoms with Gasteiger partial charge in [-0.3, -0.25) is 0 Å². The van der Waals surface area contributed by atoms with E-state index in [4.69, 9.17) is 0 Å². The average molecular weight is 445 g/mol. The molecule has 0 amide bonds. The molecule has 0 radical (unpaired) electrons. The van der Waals surface area contributed by atoms with Crippen LogP contribution in [-0.4, -0.2) is 27.7 Å². The monoisotopic (exact) mass is 445 g/mol. The molecule has 4 aromatic rings. The first-order valence-electron chi connectivity index (χ1n) is 8.12. The average Bonchev–Trinajstić information content (AvgIpc) is 3.29. The van der Waals surface area contributed by atoms with Crippen molar-refractivity contribution in [2.24, 2.45) is 0 Å². The first-order chi connectivity index (χ1) is 14.1. The molecule has 0 bridgehead atoms. The van der Waals surface area contributed by atoms with Crippen LogP contribution in [0.25, 0.3) is 33.3 Å². The summed E-state index contributed by atoms with van der Waals surface area (Å²) in [5, 5.41) is 4.14. The zero-order valence-corrected chi connectivity index (χ0v) is 15.3. The normalized spacial score (nSPS) is 12.3. The molecule has 4 rings (SSSR count). The zero-order chi connectivity index (χ0) is 21.5. The molecule has 30 heavy (non-hydrogen) atoms. The van der Waals surface area contributed by atoms with E-state index in [9.17, 15) is 26.3 Å². The molecule has 0 aliphatic carbocycles. The van der Waals surface area contributed by atoms with E-state index in [0.29, 0.717) is 16.6 Å². The Morgan fingerprint density at radius 2 is 1.63 bits per heavy atom. The quantitative estimate of drug-likeness (QED) is 0.383. The number of nitrogens with one attached hydrogen (secondary N) is 1. The van der Waals surface area contributed by atoms with Crippen LogP contribution in [0.4, 0.5) is 26.3 Å². The van der Waals surface area contributed by atoms with Crippen LogP contribution in [0.15, 0.2) is 47.4 Å². The van der Waals surface area contributed by atoms with Gasteiger partial charge in [0.05, 0.1) is 0 Å². The van der Waals surface area contributed by atoms with Gasteiger partial charge in [-0.2, -0.15) is 16.3 Å². The molecule has 0 spiro atoms. The molecule has 0 atom stereocenters. The van der Waals surface area contributed by atoms with Crippen LogP contribution >= 0.6 is 11.3 Å². The summed E-state index contributed by atoms with van der Waals surface area (Å²) in [4.78, 5) is 10.3. The Balaban J connectivity index is 1.90. The topological polar surface area (TPSA) is 60.0 Å². The van der Waals surface area contributed by atoms with Gasteiger partial charge in [0.1, 0.15) is 5.65 Å². The van der Waals surface area contributed by atoms with Crippen molar-refractivity contribution in [2.75, 3.05) is 0 Å². The molecule has 0 saturated carbocycles.